The Labute approximate surface area is 79.4 Å². The van der Waals surface area contributed by atoms with Crippen molar-refractivity contribution in [3.8, 4) is 0 Å². The summed E-state index contributed by atoms with van der Waals surface area (Å²) in [5, 5.41) is 3.33. The predicted molar refractivity (Wildman–Crippen MR) is 55.6 cm³/mol. The van der Waals surface area contributed by atoms with Crippen LogP contribution < -0.4 is 11.1 Å². The number of aromatic nitrogens is 1. The highest BCUT2D eigenvalue weighted by molar-refractivity contribution is 5.40. The van der Waals surface area contributed by atoms with Crippen LogP contribution in [0, 0.1) is 5.92 Å². The van der Waals surface area contributed by atoms with E-state index in [1.165, 1.54) is 0 Å². The van der Waals surface area contributed by atoms with Crippen molar-refractivity contribution in [1.82, 2.24) is 4.98 Å². The van der Waals surface area contributed by atoms with Crippen LogP contribution >= 0.6 is 0 Å². The molecule has 1 aromatic heterocycles. The van der Waals surface area contributed by atoms with Gasteiger partial charge >= 0.3 is 0 Å². The van der Waals surface area contributed by atoms with Gasteiger partial charge in [0.1, 0.15) is 0 Å². The van der Waals surface area contributed by atoms with E-state index in [9.17, 15) is 0 Å². The number of anilines is 1. The van der Waals surface area contributed by atoms with E-state index < -0.39 is 0 Å². The Kier molecular flexibility index (Phi) is 4.26. The molecule has 72 valence electrons. The Balaban J connectivity index is 2.34. The first-order valence-corrected chi connectivity index (χ1v) is 4.70. The summed E-state index contributed by atoms with van der Waals surface area (Å²) in [5.74, 6) is 0.563. The minimum absolute atomic E-state index is 0.563. The average molecular weight is 179 g/mol. The molecule has 0 bridgehead atoms. The molecule has 0 fully saturated rings. The first-order valence-electron chi connectivity index (χ1n) is 4.70. The summed E-state index contributed by atoms with van der Waals surface area (Å²) < 4.78 is 0. The lowest BCUT2D eigenvalue weighted by molar-refractivity contribution is 0.548. The minimum Gasteiger partial charge on any atom is -0.385 e. The summed E-state index contributed by atoms with van der Waals surface area (Å²) in [6, 6.07) is 3.92. The Hall–Kier alpha value is -1.09. The Morgan fingerprint density at radius 3 is 2.69 bits per heavy atom. The third kappa shape index (κ3) is 3.42. The first-order chi connectivity index (χ1) is 6.36. The maximum absolute atomic E-state index is 5.60. The van der Waals surface area contributed by atoms with Gasteiger partial charge in [-0.3, -0.25) is 4.98 Å². The van der Waals surface area contributed by atoms with E-state index in [4.69, 9.17) is 5.73 Å². The van der Waals surface area contributed by atoms with Crippen molar-refractivity contribution in [2.75, 3.05) is 18.4 Å². The van der Waals surface area contributed by atoms with Crippen LogP contribution in [-0.4, -0.2) is 18.1 Å². The van der Waals surface area contributed by atoms with Gasteiger partial charge < -0.3 is 11.1 Å². The highest BCUT2D eigenvalue weighted by atomic mass is 14.9. The van der Waals surface area contributed by atoms with Gasteiger partial charge in [-0.1, -0.05) is 13.3 Å². The van der Waals surface area contributed by atoms with Crippen molar-refractivity contribution >= 4 is 5.69 Å². The highest BCUT2D eigenvalue weighted by Crippen LogP contribution is 2.06. The second kappa shape index (κ2) is 5.54. The van der Waals surface area contributed by atoms with Crippen LogP contribution in [0.1, 0.15) is 13.3 Å². The molecule has 1 heterocycles. The normalized spacial score (nSPS) is 12.5. The van der Waals surface area contributed by atoms with E-state index in [2.05, 4.69) is 17.2 Å². The molecule has 0 aliphatic rings. The van der Waals surface area contributed by atoms with Crippen molar-refractivity contribution in [3.63, 3.8) is 0 Å². The predicted octanol–water partition coefficient (Wildman–Crippen LogP) is 1.48. The summed E-state index contributed by atoms with van der Waals surface area (Å²) >= 11 is 0. The Morgan fingerprint density at radius 1 is 1.46 bits per heavy atom. The molecular formula is C10H17N3. The second-order valence-corrected chi connectivity index (χ2v) is 3.13. The molecule has 0 saturated carbocycles. The molecule has 0 aromatic carbocycles. The number of hydrogen-bond donors (Lipinski definition) is 2. The van der Waals surface area contributed by atoms with Gasteiger partial charge in [0.15, 0.2) is 0 Å². The lowest BCUT2D eigenvalue weighted by Crippen LogP contribution is -2.21. The van der Waals surface area contributed by atoms with Gasteiger partial charge in [0, 0.05) is 24.6 Å². The second-order valence-electron chi connectivity index (χ2n) is 3.13. The fraction of sp³-hybridized carbons (Fsp3) is 0.500. The summed E-state index contributed by atoms with van der Waals surface area (Å²) in [7, 11) is 0. The number of rotatable bonds is 5. The van der Waals surface area contributed by atoms with Gasteiger partial charge in [0.25, 0.3) is 0 Å². The van der Waals surface area contributed by atoms with Crippen LogP contribution in [0.3, 0.4) is 0 Å². The molecule has 0 aliphatic carbocycles. The maximum Gasteiger partial charge on any atom is 0.0371 e. The van der Waals surface area contributed by atoms with E-state index in [-0.39, 0.29) is 0 Å². The van der Waals surface area contributed by atoms with Crippen molar-refractivity contribution < 1.29 is 0 Å². The number of nitrogens with one attached hydrogen (secondary N) is 1. The highest BCUT2D eigenvalue weighted by Gasteiger charge is 2.02. The molecule has 1 atom stereocenters. The zero-order valence-electron chi connectivity index (χ0n) is 8.03. The molecular weight excluding hydrogens is 162 g/mol. The summed E-state index contributed by atoms with van der Waals surface area (Å²) in [6.07, 6.45) is 4.69. The molecule has 13 heavy (non-hydrogen) atoms. The maximum atomic E-state index is 5.60. The number of pyridine rings is 1. The van der Waals surface area contributed by atoms with Gasteiger partial charge in [-0.05, 0) is 24.6 Å². The largest absolute Gasteiger partial charge is 0.385 e. The topological polar surface area (TPSA) is 50.9 Å². The molecule has 0 amide bonds. The van der Waals surface area contributed by atoms with Crippen molar-refractivity contribution in [3.05, 3.63) is 24.5 Å². The van der Waals surface area contributed by atoms with Gasteiger partial charge in [-0.25, -0.2) is 0 Å². The molecule has 1 aromatic rings. The van der Waals surface area contributed by atoms with E-state index >= 15 is 0 Å². The molecule has 0 saturated heterocycles. The lowest BCUT2D eigenvalue weighted by Gasteiger charge is -2.13. The van der Waals surface area contributed by atoms with E-state index in [0.717, 1.165) is 25.2 Å². The third-order valence-corrected chi connectivity index (χ3v) is 2.19. The standard InChI is InChI=1S/C10H17N3/c1-2-9(7-11)8-13-10-3-5-12-6-4-10/h3-6,9H,2,7-8,11H2,1H3,(H,12,13). The monoisotopic (exact) mass is 179 g/mol. The number of nitrogens with two attached hydrogens (primary N) is 1. The number of nitrogens with zero attached hydrogens (tertiary/aromatic N) is 1. The lowest BCUT2D eigenvalue weighted by atomic mass is 10.1. The summed E-state index contributed by atoms with van der Waals surface area (Å²) in [4.78, 5) is 3.95. The summed E-state index contributed by atoms with van der Waals surface area (Å²) in [6.45, 7) is 3.84. The smallest absolute Gasteiger partial charge is 0.0371 e. The van der Waals surface area contributed by atoms with Crippen LogP contribution in [-0.2, 0) is 0 Å². The van der Waals surface area contributed by atoms with Gasteiger partial charge in [0.05, 0.1) is 0 Å². The van der Waals surface area contributed by atoms with Gasteiger partial charge in [-0.15, -0.1) is 0 Å². The molecule has 0 spiro atoms. The molecule has 0 radical (unpaired) electrons. The molecule has 3 heteroatoms. The Bertz CT molecular complexity index is 219. The summed E-state index contributed by atoms with van der Waals surface area (Å²) in [5.41, 5.74) is 6.71. The van der Waals surface area contributed by atoms with Crippen LogP contribution in [0.15, 0.2) is 24.5 Å². The van der Waals surface area contributed by atoms with Crippen LogP contribution in [0.2, 0.25) is 0 Å². The van der Waals surface area contributed by atoms with Crippen molar-refractivity contribution in [2.24, 2.45) is 11.7 Å². The van der Waals surface area contributed by atoms with Gasteiger partial charge in [-0.2, -0.15) is 0 Å². The van der Waals surface area contributed by atoms with E-state index in [1.54, 1.807) is 12.4 Å². The molecule has 1 unspecified atom stereocenters. The molecule has 3 N–H and O–H groups in total. The fourth-order valence-electron chi connectivity index (χ4n) is 1.13. The molecule has 1 rings (SSSR count). The average Bonchev–Trinajstić information content (AvgIpc) is 2.21. The number of hydrogen-bond acceptors (Lipinski definition) is 3. The SMILES string of the molecule is CCC(CN)CNc1ccncc1. The molecule has 0 aliphatic heterocycles. The van der Waals surface area contributed by atoms with Crippen molar-refractivity contribution in [2.45, 2.75) is 13.3 Å². The van der Waals surface area contributed by atoms with Crippen LogP contribution in [0.5, 0.6) is 0 Å². The van der Waals surface area contributed by atoms with Crippen molar-refractivity contribution in [1.29, 1.82) is 0 Å². The van der Waals surface area contributed by atoms with Gasteiger partial charge in [0.2, 0.25) is 0 Å². The fourth-order valence-corrected chi connectivity index (χ4v) is 1.13. The first kappa shape index (κ1) is 9.99. The zero-order chi connectivity index (χ0) is 9.52. The Morgan fingerprint density at radius 2 is 2.15 bits per heavy atom. The van der Waals surface area contributed by atoms with Crippen LogP contribution in [0.4, 0.5) is 5.69 Å². The zero-order valence-corrected chi connectivity index (χ0v) is 8.03. The van der Waals surface area contributed by atoms with E-state index in [0.29, 0.717) is 5.92 Å². The minimum atomic E-state index is 0.563. The molecule has 3 nitrogen and oxygen atoms in total. The quantitative estimate of drug-likeness (QED) is 0.719. The third-order valence-electron chi connectivity index (χ3n) is 2.19. The van der Waals surface area contributed by atoms with E-state index in [1.807, 2.05) is 12.1 Å². The van der Waals surface area contributed by atoms with Crippen LogP contribution in [0.25, 0.3) is 0 Å².